The summed E-state index contributed by atoms with van der Waals surface area (Å²) in [5, 5.41) is 10.3. The molecule has 0 saturated carbocycles. The Bertz CT molecular complexity index is 347. The molecule has 0 aliphatic rings. The van der Waals surface area contributed by atoms with Gasteiger partial charge in [0.2, 0.25) is 0 Å². The van der Waals surface area contributed by atoms with Crippen LogP contribution in [0.4, 0.5) is 0 Å². The lowest BCUT2D eigenvalue weighted by molar-refractivity contribution is -0.0223. The minimum absolute atomic E-state index is 0.191. The van der Waals surface area contributed by atoms with Crippen LogP contribution in [-0.2, 0) is 10.3 Å². The van der Waals surface area contributed by atoms with Crippen molar-refractivity contribution in [2.75, 3.05) is 27.9 Å². The average Bonchev–Trinajstić information content (AvgIpc) is 2.28. The maximum Gasteiger partial charge on any atom is 0.125 e. The molecule has 0 aliphatic carbocycles. The second kappa shape index (κ2) is 5.18. The SMILES string of the molecule is COCC(C)(O)c1cc(OC)ccc1OC. The highest BCUT2D eigenvalue weighted by atomic mass is 16.5. The molecule has 1 unspecified atom stereocenters. The van der Waals surface area contributed by atoms with Gasteiger partial charge in [-0.1, -0.05) is 0 Å². The zero-order valence-corrected chi connectivity index (χ0v) is 10.1. The van der Waals surface area contributed by atoms with Gasteiger partial charge in [-0.3, -0.25) is 0 Å². The molecule has 16 heavy (non-hydrogen) atoms. The van der Waals surface area contributed by atoms with E-state index in [1.54, 1.807) is 46.5 Å². The highest BCUT2D eigenvalue weighted by molar-refractivity contribution is 5.43. The van der Waals surface area contributed by atoms with Crippen molar-refractivity contribution < 1.29 is 19.3 Å². The molecule has 0 aliphatic heterocycles. The zero-order valence-electron chi connectivity index (χ0n) is 10.1. The normalized spacial score (nSPS) is 14.3. The molecule has 0 heterocycles. The van der Waals surface area contributed by atoms with Crippen LogP contribution in [0.3, 0.4) is 0 Å². The summed E-state index contributed by atoms with van der Waals surface area (Å²) in [6.45, 7) is 1.87. The molecular weight excluding hydrogens is 208 g/mol. The molecule has 0 radical (unpaired) electrons. The Morgan fingerprint density at radius 2 is 1.88 bits per heavy atom. The molecule has 4 heteroatoms. The number of hydrogen-bond donors (Lipinski definition) is 1. The van der Waals surface area contributed by atoms with Gasteiger partial charge in [0.1, 0.15) is 17.1 Å². The van der Waals surface area contributed by atoms with E-state index in [0.717, 1.165) is 0 Å². The van der Waals surface area contributed by atoms with Gasteiger partial charge in [-0.2, -0.15) is 0 Å². The van der Waals surface area contributed by atoms with Gasteiger partial charge in [0.25, 0.3) is 0 Å². The average molecular weight is 226 g/mol. The zero-order chi connectivity index (χ0) is 12.2. The maximum absolute atomic E-state index is 10.3. The fourth-order valence-corrected chi connectivity index (χ4v) is 1.59. The fourth-order valence-electron chi connectivity index (χ4n) is 1.59. The Hall–Kier alpha value is -1.26. The predicted molar refractivity (Wildman–Crippen MR) is 61.0 cm³/mol. The Labute approximate surface area is 95.8 Å². The summed E-state index contributed by atoms with van der Waals surface area (Å²) in [4.78, 5) is 0. The maximum atomic E-state index is 10.3. The highest BCUT2D eigenvalue weighted by Gasteiger charge is 2.27. The summed E-state index contributed by atoms with van der Waals surface area (Å²) in [6, 6.07) is 5.29. The van der Waals surface area contributed by atoms with Crippen LogP contribution in [0.1, 0.15) is 12.5 Å². The first-order chi connectivity index (χ1) is 7.55. The molecule has 0 fully saturated rings. The van der Waals surface area contributed by atoms with Crippen molar-refractivity contribution in [2.24, 2.45) is 0 Å². The quantitative estimate of drug-likeness (QED) is 0.827. The minimum Gasteiger partial charge on any atom is -0.497 e. The fraction of sp³-hybridized carbons (Fsp3) is 0.500. The van der Waals surface area contributed by atoms with Crippen LogP contribution in [0.25, 0.3) is 0 Å². The van der Waals surface area contributed by atoms with E-state index in [9.17, 15) is 5.11 Å². The first-order valence-electron chi connectivity index (χ1n) is 4.99. The third kappa shape index (κ3) is 2.65. The van der Waals surface area contributed by atoms with E-state index in [2.05, 4.69) is 0 Å². The molecule has 1 rings (SSSR count). The van der Waals surface area contributed by atoms with Gasteiger partial charge in [-0.15, -0.1) is 0 Å². The molecule has 1 aromatic rings. The molecule has 0 spiro atoms. The smallest absolute Gasteiger partial charge is 0.125 e. The van der Waals surface area contributed by atoms with E-state index in [4.69, 9.17) is 14.2 Å². The van der Waals surface area contributed by atoms with Crippen molar-refractivity contribution in [1.29, 1.82) is 0 Å². The molecule has 0 bridgehead atoms. The van der Waals surface area contributed by atoms with Crippen LogP contribution < -0.4 is 9.47 Å². The lowest BCUT2D eigenvalue weighted by Gasteiger charge is -2.25. The molecule has 90 valence electrons. The van der Waals surface area contributed by atoms with Gasteiger partial charge < -0.3 is 19.3 Å². The minimum atomic E-state index is -1.10. The summed E-state index contributed by atoms with van der Waals surface area (Å²) in [5.41, 5.74) is -0.453. The predicted octanol–water partition coefficient (Wildman–Crippen LogP) is 1.56. The van der Waals surface area contributed by atoms with E-state index in [-0.39, 0.29) is 6.61 Å². The van der Waals surface area contributed by atoms with Crippen molar-refractivity contribution in [2.45, 2.75) is 12.5 Å². The van der Waals surface area contributed by atoms with Gasteiger partial charge in [0.15, 0.2) is 0 Å². The van der Waals surface area contributed by atoms with E-state index in [0.29, 0.717) is 17.1 Å². The van der Waals surface area contributed by atoms with Gasteiger partial charge in [-0.25, -0.2) is 0 Å². The number of hydrogen-bond acceptors (Lipinski definition) is 4. The highest BCUT2D eigenvalue weighted by Crippen LogP contribution is 2.33. The molecule has 1 atom stereocenters. The third-order valence-electron chi connectivity index (χ3n) is 2.41. The summed E-state index contributed by atoms with van der Waals surface area (Å²) in [6.07, 6.45) is 0. The van der Waals surface area contributed by atoms with Crippen molar-refractivity contribution >= 4 is 0 Å². The standard InChI is InChI=1S/C12H18O4/c1-12(13,8-14-2)10-7-9(15-3)5-6-11(10)16-4/h5-7,13H,8H2,1-4H3. The first kappa shape index (κ1) is 12.8. The van der Waals surface area contributed by atoms with Crippen LogP contribution in [0.15, 0.2) is 18.2 Å². The van der Waals surface area contributed by atoms with E-state index >= 15 is 0 Å². The van der Waals surface area contributed by atoms with Gasteiger partial charge >= 0.3 is 0 Å². The lowest BCUT2D eigenvalue weighted by atomic mass is 9.95. The largest absolute Gasteiger partial charge is 0.497 e. The number of ether oxygens (including phenoxy) is 3. The van der Waals surface area contributed by atoms with E-state index < -0.39 is 5.60 Å². The molecule has 1 N–H and O–H groups in total. The van der Waals surface area contributed by atoms with Crippen molar-refractivity contribution in [1.82, 2.24) is 0 Å². The Morgan fingerprint density at radius 1 is 1.19 bits per heavy atom. The van der Waals surface area contributed by atoms with Crippen LogP contribution in [-0.4, -0.2) is 33.0 Å². The molecular formula is C12H18O4. The molecule has 0 saturated heterocycles. The topological polar surface area (TPSA) is 47.9 Å². The third-order valence-corrected chi connectivity index (χ3v) is 2.41. The summed E-state index contributed by atoms with van der Waals surface area (Å²) in [7, 11) is 4.69. The molecule has 0 amide bonds. The van der Waals surface area contributed by atoms with Gasteiger partial charge in [0, 0.05) is 12.7 Å². The summed E-state index contributed by atoms with van der Waals surface area (Å²) < 4.78 is 15.3. The van der Waals surface area contributed by atoms with Crippen LogP contribution in [0.5, 0.6) is 11.5 Å². The van der Waals surface area contributed by atoms with Crippen LogP contribution in [0, 0.1) is 0 Å². The second-order valence-corrected chi connectivity index (χ2v) is 3.77. The van der Waals surface area contributed by atoms with Crippen LogP contribution >= 0.6 is 0 Å². The Kier molecular flexibility index (Phi) is 4.15. The number of benzene rings is 1. The summed E-state index contributed by atoms with van der Waals surface area (Å²) in [5.74, 6) is 1.29. The Morgan fingerprint density at radius 3 is 2.38 bits per heavy atom. The Balaban J connectivity index is 3.17. The molecule has 1 aromatic carbocycles. The van der Waals surface area contributed by atoms with Gasteiger partial charge in [0.05, 0.1) is 20.8 Å². The van der Waals surface area contributed by atoms with E-state index in [1.807, 2.05) is 0 Å². The van der Waals surface area contributed by atoms with Crippen molar-refractivity contribution in [3.05, 3.63) is 23.8 Å². The van der Waals surface area contributed by atoms with Crippen molar-refractivity contribution in [3.63, 3.8) is 0 Å². The van der Waals surface area contributed by atoms with Crippen molar-refractivity contribution in [3.8, 4) is 11.5 Å². The van der Waals surface area contributed by atoms with E-state index in [1.165, 1.54) is 0 Å². The first-order valence-corrected chi connectivity index (χ1v) is 4.99. The molecule has 4 nitrogen and oxygen atoms in total. The number of aliphatic hydroxyl groups is 1. The lowest BCUT2D eigenvalue weighted by Crippen LogP contribution is -2.27. The number of methoxy groups -OCH3 is 3. The van der Waals surface area contributed by atoms with Gasteiger partial charge in [-0.05, 0) is 25.1 Å². The monoisotopic (exact) mass is 226 g/mol. The summed E-state index contributed by atoms with van der Waals surface area (Å²) >= 11 is 0. The second-order valence-electron chi connectivity index (χ2n) is 3.77. The number of rotatable bonds is 5. The molecule has 0 aromatic heterocycles. The van der Waals surface area contributed by atoms with Crippen LogP contribution in [0.2, 0.25) is 0 Å².